The molecule has 5 nitrogen and oxygen atoms in total. The van der Waals surface area contributed by atoms with Crippen LogP contribution in [0.25, 0.3) is 0 Å². The van der Waals surface area contributed by atoms with Crippen LogP contribution in [0.5, 0.6) is 5.75 Å². The molecule has 2 N–H and O–H groups in total. The molecule has 1 aromatic rings. The first-order chi connectivity index (χ1) is 9.75. The Morgan fingerprint density at radius 2 is 1.95 bits per heavy atom. The Morgan fingerprint density at radius 1 is 1.29 bits per heavy atom. The number of aliphatic hydroxyl groups excluding tert-OH is 1. The summed E-state index contributed by atoms with van der Waals surface area (Å²) < 4.78 is 5.24. The van der Waals surface area contributed by atoms with Gasteiger partial charge in [0.1, 0.15) is 5.69 Å². The molecule has 4 atom stereocenters. The van der Waals surface area contributed by atoms with Gasteiger partial charge in [-0.15, -0.1) is 0 Å². The molecule has 3 rings (SSSR count). The molecule has 0 aromatic heterocycles. The molecule has 2 aliphatic carbocycles. The van der Waals surface area contributed by atoms with Crippen LogP contribution in [0.1, 0.15) is 40.5 Å². The highest BCUT2D eigenvalue weighted by Crippen LogP contribution is 2.65. The molecule has 0 spiro atoms. The van der Waals surface area contributed by atoms with Crippen LogP contribution in [0.3, 0.4) is 0 Å². The SMILES string of the molecule is CCOc1c(N[C@H]2[C@H]3CC[C@@](C)([C@H]2O)C3(C)C)c(=O)c1=O. The van der Waals surface area contributed by atoms with Crippen LogP contribution in [0.4, 0.5) is 5.69 Å². The first kappa shape index (κ1) is 14.6. The highest BCUT2D eigenvalue weighted by molar-refractivity contribution is 5.63. The maximum absolute atomic E-state index is 11.8. The predicted molar refractivity (Wildman–Crippen MR) is 80.6 cm³/mol. The van der Waals surface area contributed by atoms with Crippen molar-refractivity contribution < 1.29 is 9.84 Å². The van der Waals surface area contributed by atoms with Crippen LogP contribution in [0.2, 0.25) is 0 Å². The highest BCUT2D eigenvalue weighted by Gasteiger charge is 2.66. The van der Waals surface area contributed by atoms with Gasteiger partial charge >= 0.3 is 0 Å². The van der Waals surface area contributed by atoms with E-state index in [-0.39, 0.29) is 34.2 Å². The van der Waals surface area contributed by atoms with Gasteiger partial charge in [-0.25, -0.2) is 0 Å². The zero-order valence-corrected chi connectivity index (χ0v) is 13.0. The fourth-order valence-electron chi connectivity index (χ4n) is 4.47. The minimum atomic E-state index is -0.567. The van der Waals surface area contributed by atoms with Crippen molar-refractivity contribution in [2.45, 2.75) is 52.7 Å². The van der Waals surface area contributed by atoms with Crippen molar-refractivity contribution >= 4 is 5.69 Å². The molecule has 0 radical (unpaired) electrons. The summed E-state index contributed by atoms with van der Waals surface area (Å²) in [5.41, 5.74) is -0.997. The normalized spacial score (nSPS) is 37.1. The van der Waals surface area contributed by atoms with Crippen molar-refractivity contribution in [1.82, 2.24) is 0 Å². The van der Waals surface area contributed by atoms with Crippen molar-refractivity contribution in [2.24, 2.45) is 16.7 Å². The van der Waals surface area contributed by atoms with Gasteiger partial charge in [0.05, 0.1) is 18.8 Å². The Kier molecular flexibility index (Phi) is 3.00. The van der Waals surface area contributed by atoms with Gasteiger partial charge < -0.3 is 15.2 Å². The molecule has 2 saturated carbocycles. The minimum Gasteiger partial charge on any atom is -0.488 e. The Balaban J connectivity index is 1.90. The molecule has 0 heterocycles. The largest absolute Gasteiger partial charge is 0.488 e. The van der Waals surface area contributed by atoms with Gasteiger partial charge in [0.2, 0.25) is 0 Å². The summed E-state index contributed by atoms with van der Waals surface area (Å²) in [5, 5.41) is 13.8. The van der Waals surface area contributed by atoms with Crippen molar-refractivity contribution in [3.63, 3.8) is 0 Å². The van der Waals surface area contributed by atoms with E-state index < -0.39 is 17.0 Å². The third-order valence-electron chi connectivity index (χ3n) is 6.27. The van der Waals surface area contributed by atoms with Crippen LogP contribution < -0.4 is 20.9 Å². The van der Waals surface area contributed by atoms with E-state index in [1.165, 1.54) is 0 Å². The van der Waals surface area contributed by atoms with E-state index in [4.69, 9.17) is 4.74 Å². The third-order valence-corrected chi connectivity index (χ3v) is 6.27. The summed E-state index contributed by atoms with van der Waals surface area (Å²) in [6.07, 6.45) is 1.50. The van der Waals surface area contributed by atoms with E-state index in [2.05, 4.69) is 26.1 Å². The Labute approximate surface area is 124 Å². The summed E-state index contributed by atoms with van der Waals surface area (Å²) in [6.45, 7) is 8.60. The average molecular weight is 293 g/mol. The second kappa shape index (κ2) is 4.32. The van der Waals surface area contributed by atoms with Crippen LogP contribution in [0, 0.1) is 16.7 Å². The maximum atomic E-state index is 11.8. The van der Waals surface area contributed by atoms with Gasteiger partial charge in [-0.2, -0.15) is 0 Å². The molecule has 0 saturated heterocycles. The van der Waals surface area contributed by atoms with E-state index in [0.717, 1.165) is 12.8 Å². The first-order valence-corrected chi connectivity index (χ1v) is 7.66. The number of nitrogens with one attached hydrogen (secondary N) is 1. The van der Waals surface area contributed by atoms with Crippen LogP contribution in [-0.4, -0.2) is 23.9 Å². The topological polar surface area (TPSA) is 75.6 Å². The lowest BCUT2D eigenvalue weighted by Crippen LogP contribution is -2.46. The van der Waals surface area contributed by atoms with Gasteiger partial charge in [-0.3, -0.25) is 9.59 Å². The summed E-state index contributed by atoms with van der Waals surface area (Å²) >= 11 is 0. The molecule has 2 bridgehead atoms. The smallest absolute Gasteiger partial charge is 0.272 e. The molecule has 2 aliphatic rings. The van der Waals surface area contributed by atoms with Gasteiger partial charge in [0.25, 0.3) is 10.9 Å². The van der Waals surface area contributed by atoms with Crippen molar-refractivity contribution in [3.8, 4) is 5.75 Å². The zero-order valence-electron chi connectivity index (χ0n) is 13.0. The second-order valence-corrected chi connectivity index (χ2v) is 7.19. The fourth-order valence-corrected chi connectivity index (χ4v) is 4.47. The lowest BCUT2D eigenvalue weighted by atomic mass is 9.70. The van der Waals surface area contributed by atoms with E-state index in [9.17, 15) is 14.7 Å². The number of fused-ring (bicyclic) bond motifs is 2. The summed E-state index contributed by atoms with van der Waals surface area (Å²) in [7, 11) is 0. The molecular weight excluding hydrogens is 270 g/mol. The summed E-state index contributed by atoms with van der Waals surface area (Å²) in [6, 6.07) is -0.193. The van der Waals surface area contributed by atoms with Crippen LogP contribution in [-0.2, 0) is 0 Å². The number of hydrogen-bond donors (Lipinski definition) is 2. The van der Waals surface area contributed by atoms with Crippen LogP contribution in [0.15, 0.2) is 9.59 Å². The fraction of sp³-hybridized carbons (Fsp3) is 0.750. The van der Waals surface area contributed by atoms with Crippen molar-refractivity contribution in [3.05, 3.63) is 20.4 Å². The first-order valence-electron chi connectivity index (χ1n) is 7.66. The maximum Gasteiger partial charge on any atom is 0.272 e. The molecule has 0 unspecified atom stereocenters. The van der Waals surface area contributed by atoms with Gasteiger partial charge in [0.15, 0.2) is 5.75 Å². The Morgan fingerprint density at radius 3 is 2.48 bits per heavy atom. The Bertz CT molecular complexity index is 643. The average Bonchev–Trinajstić information content (AvgIpc) is 2.75. The summed E-state index contributed by atoms with van der Waals surface area (Å²) in [5.74, 6) is 0.414. The molecule has 0 amide bonds. The number of ether oxygens (including phenoxy) is 1. The predicted octanol–water partition coefficient (Wildman–Crippen LogP) is 1.28. The molecule has 21 heavy (non-hydrogen) atoms. The lowest BCUT2D eigenvalue weighted by molar-refractivity contribution is 0.00843. The number of hydrogen-bond acceptors (Lipinski definition) is 5. The quantitative estimate of drug-likeness (QED) is 0.818. The lowest BCUT2D eigenvalue weighted by Gasteiger charge is -2.37. The molecular formula is C16H23NO4. The van der Waals surface area contributed by atoms with E-state index in [0.29, 0.717) is 6.61 Å². The van der Waals surface area contributed by atoms with Crippen molar-refractivity contribution in [1.29, 1.82) is 0 Å². The number of rotatable bonds is 4. The molecule has 0 aliphatic heterocycles. The number of anilines is 1. The standard InChI is InChI=1S/C16H23NO4/c1-5-21-13-10(11(18)12(13)19)17-9-8-6-7-16(4,14(9)20)15(8,2)3/h8-9,14,17,20H,5-7H2,1-4H3/t8-,9+,14+,16+/m1/s1. The van der Waals surface area contributed by atoms with Crippen LogP contribution >= 0.6 is 0 Å². The van der Waals surface area contributed by atoms with E-state index in [1.807, 2.05) is 0 Å². The zero-order chi connectivity index (χ0) is 15.6. The van der Waals surface area contributed by atoms with E-state index >= 15 is 0 Å². The van der Waals surface area contributed by atoms with Gasteiger partial charge in [-0.05, 0) is 31.1 Å². The molecule has 5 heteroatoms. The monoisotopic (exact) mass is 293 g/mol. The second-order valence-electron chi connectivity index (χ2n) is 7.19. The van der Waals surface area contributed by atoms with Crippen molar-refractivity contribution in [2.75, 3.05) is 11.9 Å². The summed E-state index contributed by atoms with van der Waals surface area (Å²) in [4.78, 5) is 23.3. The minimum absolute atomic E-state index is 0.00717. The highest BCUT2D eigenvalue weighted by atomic mass is 16.5. The molecule has 116 valence electrons. The molecule has 1 aromatic carbocycles. The number of aliphatic hydroxyl groups is 1. The molecule has 2 fully saturated rings. The van der Waals surface area contributed by atoms with Gasteiger partial charge in [-0.1, -0.05) is 20.8 Å². The van der Waals surface area contributed by atoms with Gasteiger partial charge in [0, 0.05) is 5.41 Å². The Hall–Kier alpha value is -1.36. The third kappa shape index (κ3) is 1.61. The van der Waals surface area contributed by atoms with E-state index in [1.54, 1.807) is 6.92 Å².